The Morgan fingerprint density at radius 2 is 2.43 bits per heavy atom. The van der Waals surface area contributed by atoms with Crippen LogP contribution in [0.2, 0.25) is 0 Å². The van der Waals surface area contributed by atoms with Gasteiger partial charge in [0.15, 0.2) is 0 Å². The van der Waals surface area contributed by atoms with Crippen LogP contribution < -0.4 is 15.8 Å². The number of hydrogen-bond acceptors (Lipinski definition) is 4. The van der Waals surface area contributed by atoms with E-state index in [1.54, 1.807) is 24.9 Å². The molecule has 1 atom stereocenters. The van der Waals surface area contributed by atoms with E-state index in [1.807, 2.05) is 0 Å². The maximum atomic E-state index is 10.8. The number of carbonyl (C=O) groups is 1. The average molecular weight is 198 g/mol. The quantitative estimate of drug-likeness (QED) is 0.696. The van der Waals surface area contributed by atoms with Gasteiger partial charge in [-0.25, -0.2) is 0 Å². The molecule has 0 aliphatic carbocycles. The van der Waals surface area contributed by atoms with E-state index in [-0.39, 0.29) is 0 Å². The Balaban J connectivity index is 2.79. The maximum absolute atomic E-state index is 10.8. The number of primary amides is 1. The molecule has 6 nitrogen and oxygen atoms in total. The van der Waals surface area contributed by atoms with Crippen LogP contribution in [0.3, 0.4) is 0 Å². The van der Waals surface area contributed by atoms with Crippen molar-refractivity contribution in [1.82, 2.24) is 9.78 Å². The molecule has 1 aromatic heterocycles. The van der Waals surface area contributed by atoms with Gasteiger partial charge in [-0.15, -0.1) is 5.10 Å². The Hall–Kier alpha value is -1.72. The third-order valence-electron chi connectivity index (χ3n) is 1.79. The molecule has 6 heteroatoms. The standard InChI is InChI=1S/C8H14N4O2/c1-5(7(9)13)10-6-4-12(2)11-8(6)14-3/h4-5,10H,1-3H3,(H2,9,13). The van der Waals surface area contributed by atoms with Gasteiger partial charge in [0, 0.05) is 7.05 Å². The predicted molar refractivity (Wildman–Crippen MR) is 52.0 cm³/mol. The molecule has 0 aliphatic heterocycles. The third-order valence-corrected chi connectivity index (χ3v) is 1.79. The second-order valence-electron chi connectivity index (χ2n) is 2.99. The first kappa shape index (κ1) is 10.4. The highest BCUT2D eigenvalue weighted by Crippen LogP contribution is 2.21. The Morgan fingerprint density at radius 1 is 1.79 bits per heavy atom. The molecule has 3 N–H and O–H groups in total. The molecular weight excluding hydrogens is 184 g/mol. The SMILES string of the molecule is COc1nn(C)cc1NC(C)C(N)=O. The number of hydrogen-bond donors (Lipinski definition) is 2. The zero-order valence-corrected chi connectivity index (χ0v) is 8.44. The van der Waals surface area contributed by atoms with E-state index in [4.69, 9.17) is 10.5 Å². The topological polar surface area (TPSA) is 82.2 Å². The van der Waals surface area contributed by atoms with Gasteiger partial charge in [0.25, 0.3) is 5.88 Å². The molecule has 0 fully saturated rings. The van der Waals surface area contributed by atoms with Crippen LogP contribution in [0.15, 0.2) is 6.20 Å². The lowest BCUT2D eigenvalue weighted by atomic mass is 10.3. The van der Waals surface area contributed by atoms with Crippen molar-refractivity contribution in [1.29, 1.82) is 0 Å². The minimum absolute atomic E-state index is 0.420. The molecular formula is C8H14N4O2. The molecule has 14 heavy (non-hydrogen) atoms. The Morgan fingerprint density at radius 3 is 2.93 bits per heavy atom. The zero-order chi connectivity index (χ0) is 10.7. The van der Waals surface area contributed by atoms with E-state index in [0.717, 1.165) is 0 Å². The second kappa shape index (κ2) is 3.99. The molecule has 78 valence electrons. The lowest BCUT2D eigenvalue weighted by Crippen LogP contribution is -2.32. The van der Waals surface area contributed by atoms with Crippen LogP contribution in [0.25, 0.3) is 0 Å². The number of nitrogens with one attached hydrogen (secondary N) is 1. The minimum atomic E-state index is -0.451. The molecule has 0 saturated carbocycles. The van der Waals surface area contributed by atoms with Gasteiger partial charge in [-0.2, -0.15) is 0 Å². The van der Waals surface area contributed by atoms with Gasteiger partial charge in [0.1, 0.15) is 11.7 Å². The minimum Gasteiger partial charge on any atom is -0.478 e. The summed E-state index contributed by atoms with van der Waals surface area (Å²) < 4.78 is 6.59. The van der Waals surface area contributed by atoms with Crippen molar-refractivity contribution in [3.8, 4) is 5.88 Å². The summed E-state index contributed by atoms with van der Waals surface area (Å²) in [6.07, 6.45) is 1.72. The van der Waals surface area contributed by atoms with Gasteiger partial charge in [-0.3, -0.25) is 9.48 Å². The first-order chi connectivity index (χ1) is 6.54. The highest BCUT2D eigenvalue weighted by atomic mass is 16.5. The number of aryl methyl sites for hydroxylation is 1. The van der Waals surface area contributed by atoms with Crippen molar-refractivity contribution in [3.63, 3.8) is 0 Å². The molecule has 0 aromatic carbocycles. The summed E-state index contributed by atoms with van der Waals surface area (Å²) in [5.41, 5.74) is 5.77. The van der Waals surface area contributed by atoms with E-state index < -0.39 is 11.9 Å². The molecule has 0 aliphatic rings. The van der Waals surface area contributed by atoms with E-state index >= 15 is 0 Å². The summed E-state index contributed by atoms with van der Waals surface area (Å²) in [4.78, 5) is 10.8. The van der Waals surface area contributed by atoms with Crippen molar-refractivity contribution in [2.75, 3.05) is 12.4 Å². The van der Waals surface area contributed by atoms with Crippen LogP contribution in [0.4, 0.5) is 5.69 Å². The molecule has 1 amide bonds. The van der Waals surface area contributed by atoms with Crippen LogP contribution in [-0.2, 0) is 11.8 Å². The highest BCUT2D eigenvalue weighted by Gasteiger charge is 2.13. The number of ether oxygens (including phenoxy) is 1. The Labute approximate surface area is 82.0 Å². The normalized spacial score (nSPS) is 12.2. The van der Waals surface area contributed by atoms with Gasteiger partial charge >= 0.3 is 0 Å². The van der Waals surface area contributed by atoms with Gasteiger partial charge in [0.05, 0.1) is 13.3 Å². The third kappa shape index (κ3) is 2.15. The molecule has 0 bridgehead atoms. The van der Waals surface area contributed by atoms with E-state index in [0.29, 0.717) is 11.6 Å². The number of amides is 1. The fourth-order valence-electron chi connectivity index (χ4n) is 1.02. The fraction of sp³-hybridized carbons (Fsp3) is 0.500. The highest BCUT2D eigenvalue weighted by molar-refractivity contribution is 5.82. The molecule has 1 aromatic rings. The first-order valence-corrected chi connectivity index (χ1v) is 4.18. The van der Waals surface area contributed by atoms with Gasteiger partial charge < -0.3 is 15.8 Å². The number of rotatable bonds is 4. The summed E-state index contributed by atoms with van der Waals surface area (Å²) in [6, 6.07) is -0.451. The van der Waals surface area contributed by atoms with Crippen molar-refractivity contribution < 1.29 is 9.53 Å². The van der Waals surface area contributed by atoms with Crippen LogP contribution in [0, 0.1) is 0 Å². The first-order valence-electron chi connectivity index (χ1n) is 4.18. The number of aromatic nitrogens is 2. The van der Waals surface area contributed by atoms with Crippen LogP contribution in [0.5, 0.6) is 5.88 Å². The summed E-state index contributed by atoms with van der Waals surface area (Å²) in [7, 11) is 3.28. The summed E-state index contributed by atoms with van der Waals surface area (Å²) in [5.74, 6) is 0.0245. The lowest BCUT2D eigenvalue weighted by molar-refractivity contribution is -0.118. The zero-order valence-electron chi connectivity index (χ0n) is 8.44. The van der Waals surface area contributed by atoms with Crippen molar-refractivity contribution in [3.05, 3.63) is 6.20 Å². The van der Waals surface area contributed by atoms with Crippen molar-refractivity contribution in [2.45, 2.75) is 13.0 Å². The van der Waals surface area contributed by atoms with Crippen LogP contribution in [0.1, 0.15) is 6.92 Å². The summed E-state index contributed by atoms with van der Waals surface area (Å²) in [6.45, 7) is 1.68. The Kier molecular flexibility index (Phi) is 2.95. The van der Waals surface area contributed by atoms with Crippen molar-refractivity contribution in [2.24, 2.45) is 12.8 Å². The van der Waals surface area contributed by atoms with E-state index in [1.165, 1.54) is 7.11 Å². The molecule has 0 saturated heterocycles. The molecule has 0 radical (unpaired) electrons. The Bertz CT molecular complexity index is 334. The number of carbonyl (C=O) groups excluding carboxylic acids is 1. The van der Waals surface area contributed by atoms with E-state index in [9.17, 15) is 4.79 Å². The second-order valence-corrected chi connectivity index (χ2v) is 2.99. The monoisotopic (exact) mass is 198 g/mol. The van der Waals surface area contributed by atoms with Crippen LogP contribution >= 0.6 is 0 Å². The molecule has 1 rings (SSSR count). The number of methoxy groups -OCH3 is 1. The van der Waals surface area contributed by atoms with Crippen molar-refractivity contribution >= 4 is 11.6 Å². The molecule has 1 heterocycles. The lowest BCUT2D eigenvalue weighted by Gasteiger charge is -2.09. The molecule has 1 unspecified atom stereocenters. The molecule has 0 spiro atoms. The van der Waals surface area contributed by atoms with Gasteiger partial charge in [-0.1, -0.05) is 0 Å². The maximum Gasteiger partial charge on any atom is 0.256 e. The number of nitrogens with zero attached hydrogens (tertiary/aromatic N) is 2. The predicted octanol–water partition coefficient (Wildman–Crippen LogP) is -0.286. The summed E-state index contributed by atoms with van der Waals surface area (Å²) >= 11 is 0. The van der Waals surface area contributed by atoms with Gasteiger partial charge in [0.2, 0.25) is 5.91 Å². The average Bonchev–Trinajstić information content (AvgIpc) is 2.45. The van der Waals surface area contributed by atoms with Gasteiger partial charge in [-0.05, 0) is 6.92 Å². The van der Waals surface area contributed by atoms with E-state index in [2.05, 4.69) is 10.4 Å². The van der Waals surface area contributed by atoms with Crippen LogP contribution in [-0.4, -0.2) is 28.8 Å². The number of nitrogens with two attached hydrogens (primary N) is 1. The smallest absolute Gasteiger partial charge is 0.256 e. The number of anilines is 1. The summed E-state index contributed by atoms with van der Waals surface area (Å²) in [5, 5.41) is 6.92. The fourth-order valence-corrected chi connectivity index (χ4v) is 1.02. The largest absolute Gasteiger partial charge is 0.478 e.